The van der Waals surface area contributed by atoms with Crippen molar-refractivity contribution in [2.45, 2.75) is 20.8 Å². The molecule has 0 unspecified atom stereocenters. The number of Topliss-reactive ketones (excluding diaryl/α,β-unsaturated/α-hetero) is 1. The van der Waals surface area contributed by atoms with Gasteiger partial charge in [0.2, 0.25) is 0 Å². The van der Waals surface area contributed by atoms with E-state index in [4.69, 9.17) is 9.47 Å². The molecular formula is C12H18N2O4S. The highest BCUT2D eigenvalue weighted by Gasteiger charge is 2.22. The smallest absolute Gasteiger partial charge is 0.358 e. The molecule has 7 heteroatoms. The number of aromatic nitrogens is 1. The molecule has 0 aliphatic carbocycles. The fourth-order valence-corrected chi connectivity index (χ4v) is 2.22. The van der Waals surface area contributed by atoms with Gasteiger partial charge in [-0.25, -0.2) is 9.78 Å². The molecule has 0 amide bonds. The van der Waals surface area contributed by atoms with Crippen LogP contribution in [0.15, 0.2) is 0 Å². The second-order valence-corrected chi connectivity index (χ2v) is 4.60. The molecular weight excluding hydrogens is 268 g/mol. The van der Waals surface area contributed by atoms with Crippen LogP contribution >= 0.6 is 11.3 Å². The zero-order valence-electron chi connectivity index (χ0n) is 11.3. The first-order chi connectivity index (χ1) is 9.10. The maximum Gasteiger partial charge on any atom is 0.358 e. The summed E-state index contributed by atoms with van der Waals surface area (Å²) >= 11 is 1.15. The van der Waals surface area contributed by atoms with Gasteiger partial charge in [0.1, 0.15) is 4.88 Å². The van der Waals surface area contributed by atoms with Gasteiger partial charge in [0.15, 0.2) is 16.6 Å². The van der Waals surface area contributed by atoms with Crippen molar-refractivity contribution in [3.63, 3.8) is 0 Å². The number of carbonyl (C=O) groups is 2. The van der Waals surface area contributed by atoms with Crippen LogP contribution in [-0.2, 0) is 9.47 Å². The van der Waals surface area contributed by atoms with Gasteiger partial charge in [-0.1, -0.05) is 11.3 Å². The number of ketones is 1. The van der Waals surface area contributed by atoms with Crippen LogP contribution in [0.2, 0.25) is 0 Å². The Morgan fingerprint density at radius 3 is 2.63 bits per heavy atom. The number of anilines is 1. The number of ether oxygens (including phenoxy) is 2. The average Bonchev–Trinajstić information content (AvgIpc) is 2.79. The lowest BCUT2D eigenvalue weighted by molar-refractivity contribution is 0.0517. The van der Waals surface area contributed by atoms with Crippen LogP contribution in [0.25, 0.3) is 0 Å². The Hall–Kier alpha value is -1.47. The fraction of sp³-hybridized carbons (Fsp3) is 0.583. The molecule has 1 rings (SSSR count). The van der Waals surface area contributed by atoms with E-state index in [1.54, 1.807) is 6.92 Å². The fourth-order valence-electron chi connectivity index (χ4n) is 1.35. The third-order valence-corrected chi connectivity index (χ3v) is 3.26. The number of hydrogen-bond acceptors (Lipinski definition) is 7. The lowest BCUT2D eigenvalue weighted by Gasteiger charge is -2.01. The van der Waals surface area contributed by atoms with Crippen molar-refractivity contribution in [3.8, 4) is 0 Å². The highest BCUT2D eigenvalue weighted by molar-refractivity contribution is 7.17. The largest absolute Gasteiger partial charge is 0.461 e. The summed E-state index contributed by atoms with van der Waals surface area (Å²) in [6.45, 7) is 7.03. The molecule has 1 aromatic rings. The first-order valence-corrected chi connectivity index (χ1v) is 6.92. The lowest BCUT2D eigenvalue weighted by atomic mass is 10.3. The SMILES string of the molecule is CCOCCNc1nc(C(=O)OCC)c(C(C)=O)s1. The molecule has 0 spiro atoms. The number of nitrogens with zero attached hydrogens (tertiary/aromatic N) is 1. The molecule has 0 radical (unpaired) electrons. The van der Waals surface area contributed by atoms with E-state index < -0.39 is 5.97 Å². The van der Waals surface area contributed by atoms with Gasteiger partial charge < -0.3 is 14.8 Å². The number of esters is 1. The molecule has 1 heterocycles. The normalized spacial score (nSPS) is 10.3. The molecule has 0 fully saturated rings. The zero-order valence-corrected chi connectivity index (χ0v) is 12.1. The minimum atomic E-state index is -0.568. The van der Waals surface area contributed by atoms with E-state index in [9.17, 15) is 9.59 Å². The maximum absolute atomic E-state index is 11.7. The summed E-state index contributed by atoms with van der Waals surface area (Å²) < 4.78 is 10.1. The Morgan fingerprint density at radius 2 is 2.05 bits per heavy atom. The first kappa shape index (κ1) is 15.6. The molecule has 0 aromatic carbocycles. The molecule has 0 atom stereocenters. The van der Waals surface area contributed by atoms with Gasteiger partial charge >= 0.3 is 5.97 Å². The maximum atomic E-state index is 11.7. The van der Waals surface area contributed by atoms with Crippen molar-refractivity contribution in [1.82, 2.24) is 4.98 Å². The van der Waals surface area contributed by atoms with Crippen molar-refractivity contribution in [2.75, 3.05) is 31.7 Å². The van der Waals surface area contributed by atoms with Gasteiger partial charge in [-0.05, 0) is 13.8 Å². The van der Waals surface area contributed by atoms with Crippen molar-refractivity contribution >= 4 is 28.2 Å². The van der Waals surface area contributed by atoms with Gasteiger partial charge in [0.05, 0.1) is 13.2 Å². The third kappa shape index (κ3) is 4.60. The van der Waals surface area contributed by atoms with Crippen LogP contribution in [0.3, 0.4) is 0 Å². The predicted octanol–water partition coefficient (Wildman–Crippen LogP) is 1.97. The van der Waals surface area contributed by atoms with Crippen LogP contribution < -0.4 is 5.32 Å². The standard InChI is InChI=1S/C12H18N2O4S/c1-4-17-7-6-13-12-14-9(11(16)18-5-2)10(19-12)8(3)15/h4-7H2,1-3H3,(H,13,14). The van der Waals surface area contributed by atoms with Crippen molar-refractivity contribution in [3.05, 3.63) is 10.6 Å². The molecule has 0 aliphatic rings. The minimum absolute atomic E-state index is 0.0817. The summed E-state index contributed by atoms with van der Waals surface area (Å²) in [7, 11) is 0. The van der Waals surface area contributed by atoms with Gasteiger partial charge in [-0.3, -0.25) is 4.79 Å². The summed E-state index contributed by atoms with van der Waals surface area (Å²) in [5.74, 6) is -0.764. The summed E-state index contributed by atoms with van der Waals surface area (Å²) in [4.78, 5) is 27.6. The summed E-state index contributed by atoms with van der Waals surface area (Å²) in [6.07, 6.45) is 0. The number of hydrogen-bond donors (Lipinski definition) is 1. The predicted molar refractivity (Wildman–Crippen MR) is 73.1 cm³/mol. The van der Waals surface area contributed by atoms with E-state index in [0.717, 1.165) is 11.3 Å². The number of rotatable bonds is 8. The summed E-state index contributed by atoms with van der Waals surface area (Å²) in [6, 6.07) is 0. The molecule has 0 saturated carbocycles. The van der Waals surface area contributed by atoms with Crippen LogP contribution in [-0.4, -0.2) is 43.1 Å². The van der Waals surface area contributed by atoms with Gasteiger partial charge in [-0.15, -0.1) is 0 Å². The summed E-state index contributed by atoms with van der Waals surface area (Å²) in [5.41, 5.74) is 0.0817. The number of carbonyl (C=O) groups excluding carboxylic acids is 2. The third-order valence-electron chi connectivity index (χ3n) is 2.14. The van der Waals surface area contributed by atoms with Crippen molar-refractivity contribution in [1.29, 1.82) is 0 Å². The van der Waals surface area contributed by atoms with Crippen LogP contribution in [0.5, 0.6) is 0 Å². The Morgan fingerprint density at radius 1 is 1.32 bits per heavy atom. The van der Waals surface area contributed by atoms with Crippen molar-refractivity contribution < 1.29 is 19.1 Å². The van der Waals surface area contributed by atoms with Crippen LogP contribution in [0.4, 0.5) is 5.13 Å². The molecule has 19 heavy (non-hydrogen) atoms. The quantitative estimate of drug-likeness (QED) is 0.447. The minimum Gasteiger partial charge on any atom is -0.461 e. The molecule has 6 nitrogen and oxygen atoms in total. The highest BCUT2D eigenvalue weighted by atomic mass is 32.1. The van der Waals surface area contributed by atoms with E-state index in [1.165, 1.54) is 6.92 Å². The van der Waals surface area contributed by atoms with E-state index in [-0.39, 0.29) is 18.1 Å². The van der Waals surface area contributed by atoms with Gasteiger partial charge in [0.25, 0.3) is 0 Å². The Kier molecular flexibility index (Phi) is 6.44. The average molecular weight is 286 g/mol. The van der Waals surface area contributed by atoms with E-state index in [2.05, 4.69) is 10.3 Å². The van der Waals surface area contributed by atoms with Crippen LogP contribution in [0.1, 0.15) is 40.9 Å². The van der Waals surface area contributed by atoms with Crippen LogP contribution in [0, 0.1) is 0 Å². The Labute approximate surface area is 116 Å². The van der Waals surface area contributed by atoms with Gasteiger partial charge in [-0.2, -0.15) is 0 Å². The van der Waals surface area contributed by atoms with E-state index in [1.807, 2.05) is 6.92 Å². The molecule has 0 aliphatic heterocycles. The lowest BCUT2D eigenvalue weighted by Crippen LogP contribution is -2.11. The van der Waals surface area contributed by atoms with E-state index in [0.29, 0.717) is 29.8 Å². The second-order valence-electron chi connectivity index (χ2n) is 3.60. The number of thiazole rings is 1. The van der Waals surface area contributed by atoms with E-state index >= 15 is 0 Å². The molecule has 106 valence electrons. The Balaban J connectivity index is 2.76. The second kappa shape index (κ2) is 7.85. The summed E-state index contributed by atoms with van der Waals surface area (Å²) in [5, 5.41) is 3.54. The molecule has 1 N–H and O–H groups in total. The topological polar surface area (TPSA) is 77.5 Å². The molecule has 0 saturated heterocycles. The zero-order chi connectivity index (χ0) is 14.3. The Bertz CT molecular complexity index is 445. The molecule has 0 bridgehead atoms. The molecule has 1 aromatic heterocycles. The first-order valence-electron chi connectivity index (χ1n) is 6.10. The van der Waals surface area contributed by atoms with Crippen molar-refractivity contribution in [2.24, 2.45) is 0 Å². The highest BCUT2D eigenvalue weighted by Crippen LogP contribution is 2.24. The number of nitrogens with one attached hydrogen (secondary N) is 1. The van der Waals surface area contributed by atoms with Gasteiger partial charge in [0, 0.05) is 20.1 Å². The monoisotopic (exact) mass is 286 g/mol.